The lowest BCUT2D eigenvalue weighted by Crippen LogP contribution is -2.20. The van der Waals surface area contributed by atoms with Crippen molar-refractivity contribution in [3.8, 4) is 0 Å². The Bertz CT molecular complexity index is 515. The number of carbonyl (C=O) groups excluding carboxylic acids is 1. The molecular weight excluding hydrogens is 240 g/mol. The van der Waals surface area contributed by atoms with Crippen LogP contribution in [0.4, 0.5) is 0 Å². The standard InChI is InChI=1S/C15H20N2O2/c1-11(17-9-5-4-8-15(16)18)14-10-12-6-2-3-7-13(12)19-14/h2-3,6-7,10-11,17H,4-5,8-9H2,1H3,(H2,16,18). The van der Waals surface area contributed by atoms with Gasteiger partial charge in [0.05, 0.1) is 6.04 Å². The van der Waals surface area contributed by atoms with E-state index in [0.29, 0.717) is 6.42 Å². The summed E-state index contributed by atoms with van der Waals surface area (Å²) in [6, 6.07) is 10.2. The summed E-state index contributed by atoms with van der Waals surface area (Å²) in [4.78, 5) is 10.6. The number of hydrogen-bond donors (Lipinski definition) is 2. The van der Waals surface area contributed by atoms with Crippen LogP contribution in [0.1, 0.15) is 38.0 Å². The van der Waals surface area contributed by atoms with Gasteiger partial charge >= 0.3 is 0 Å². The molecule has 2 aromatic rings. The molecule has 1 aromatic heterocycles. The van der Waals surface area contributed by atoms with Crippen LogP contribution >= 0.6 is 0 Å². The molecule has 0 saturated heterocycles. The van der Waals surface area contributed by atoms with E-state index in [1.165, 1.54) is 0 Å². The third-order valence-electron chi connectivity index (χ3n) is 3.17. The molecule has 0 aliphatic carbocycles. The van der Waals surface area contributed by atoms with Crippen molar-refractivity contribution >= 4 is 16.9 Å². The number of rotatable bonds is 7. The molecule has 3 N–H and O–H groups in total. The van der Waals surface area contributed by atoms with Gasteiger partial charge in [0.2, 0.25) is 5.91 Å². The molecule has 102 valence electrons. The van der Waals surface area contributed by atoms with Crippen LogP contribution in [0.15, 0.2) is 34.7 Å². The molecule has 0 radical (unpaired) electrons. The summed E-state index contributed by atoms with van der Waals surface area (Å²) < 4.78 is 5.79. The number of furan rings is 1. The highest BCUT2D eigenvalue weighted by atomic mass is 16.3. The van der Waals surface area contributed by atoms with E-state index in [1.807, 2.05) is 24.3 Å². The third-order valence-corrected chi connectivity index (χ3v) is 3.17. The van der Waals surface area contributed by atoms with Gasteiger partial charge in [-0.3, -0.25) is 4.79 Å². The van der Waals surface area contributed by atoms with Crippen molar-refractivity contribution in [1.82, 2.24) is 5.32 Å². The van der Waals surface area contributed by atoms with E-state index in [2.05, 4.69) is 18.3 Å². The summed E-state index contributed by atoms with van der Waals surface area (Å²) in [5, 5.41) is 4.51. The van der Waals surface area contributed by atoms with E-state index < -0.39 is 0 Å². The van der Waals surface area contributed by atoms with E-state index in [1.54, 1.807) is 0 Å². The number of para-hydroxylation sites is 1. The van der Waals surface area contributed by atoms with Crippen molar-refractivity contribution in [2.75, 3.05) is 6.54 Å². The minimum absolute atomic E-state index is 0.168. The number of unbranched alkanes of at least 4 members (excludes halogenated alkanes) is 1. The zero-order chi connectivity index (χ0) is 13.7. The highest BCUT2D eigenvalue weighted by molar-refractivity contribution is 5.77. The summed E-state index contributed by atoms with van der Waals surface area (Å²) in [6.07, 6.45) is 2.23. The Kier molecular flexibility index (Phi) is 4.58. The van der Waals surface area contributed by atoms with Crippen LogP contribution in [0.3, 0.4) is 0 Å². The highest BCUT2D eigenvalue weighted by Crippen LogP contribution is 2.23. The van der Waals surface area contributed by atoms with Gasteiger partial charge in [0.15, 0.2) is 0 Å². The number of hydrogen-bond acceptors (Lipinski definition) is 3. The molecule has 0 spiro atoms. The summed E-state index contributed by atoms with van der Waals surface area (Å²) in [7, 11) is 0. The van der Waals surface area contributed by atoms with Crippen LogP contribution in [-0.2, 0) is 4.79 Å². The molecule has 0 bridgehead atoms. The molecule has 0 aliphatic rings. The number of fused-ring (bicyclic) bond motifs is 1. The highest BCUT2D eigenvalue weighted by Gasteiger charge is 2.10. The zero-order valence-electron chi connectivity index (χ0n) is 11.2. The van der Waals surface area contributed by atoms with Gasteiger partial charge in [0.25, 0.3) is 0 Å². The number of carbonyl (C=O) groups is 1. The van der Waals surface area contributed by atoms with Crippen LogP contribution in [0.5, 0.6) is 0 Å². The predicted octanol–water partition coefficient (Wildman–Crippen LogP) is 2.74. The molecule has 4 heteroatoms. The first kappa shape index (κ1) is 13.6. The Labute approximate surface area is 113 Å². The van der Waals surface area contributed by atoms with Crippen LogP contribution in [-0.4, -0.2) is 12.5 Å². The molecule has 2 rings (SSSR count). The molecule has 1 amide bonds. The third kappa shape index (κ3) is 3.83. The van der Waals surface area contributed by atoms with Crippen molar-refractivity contribution < 1.29 is 9.21 Å². The van der Waals surface area contributed by atoms with Crippen molar-refractivity contribution in [2.45, 2.75) is 32.2 Å². The first-order valence-electron chi connectivity index (χ1n) is 6.67. The fourth-order valence-electron chi connectivity index (χ4n) is 2.06. The number of benzene rings is 1. The SMILES string of the molecule is CC(NCCCCC(N)=O)c1cc2ccccc2o1. The zero-order valence-corrected chi connectivity index (χ0v) is 11.2. The summed E-state index contributed by atoms with van der Waals surface area (Å²) in [6.45, 7) is 2.93. The van der Waals surface area contributed by atoms with Crippen molar-refractivity contribution in [3.05, 3.63) is 36.1 Å². The van der Waals surface area contributed by atoms with Gasteiger partial charge in [0, 0.05) is 11.8 Å². The van der Waals surface area contributed by atoms with Gasteiger partial charge in [0.1, 0.15) is 11.3 Å². The fourth-order valence-corrected chi connectivity index (χ4v) is 2.06. The van der Waals surface area contributed by atoms with Gasteiger partial charge in [-0.2, -0.15) is 0 Å². The van der Waals surface area contributed by atoms with Gasteiger partial charge in [-0.05, 0) is 38.4 Å². The Balaban J connectivity index is 1.82. The number of nitrogens with one attached hydrogen (secondary N) is 1. The first-order valence-corrected chi connectivity index (χ1v) is 6.67. The predicted molar refractivity (Wildman–Crippen MR) is 75.7 cm³/mol. The second-order valence-corrected chi connectivity index (χ2v) is 4.79. The number of primary amides is 1. The minimum atomic E-state index is -0.231. The molecule has 1 atom stereocenters. The second-order valence-electron chi connectivity index (χ2n) is 4.79. The van der Waals surface area contributed by atoms with Crippen molar-refractivity contribution in [1.29, 1.82) is 0 Å². The largest absolute Gasteiger partial charge is 0.459 e. The van der Waals surface area contributed by atoms with E-state index in [0.717, 1.165) is 36.1 Å². The normalized spacial score (nSPS) is 12.7. The maximum absolute atomic E-state index is 10.6. The Morgan fingerprint density at radius 2 is 2.16 bits per heavy atom. The smallest absolute Gasteiger partial charge is 0.217 e. The van der Waals surface area contributed by atoms with Gasteiger partial charge in [-0.25, -0.2) is 0 Å². The fraction of sp³-hybridized carbons (Fsp3) is 0.400. The Hall–Kier alpha value is -1.81. The molecule has 1 heterocycles. The molecule has 0 fully saturated rings. The number of amides is 1. The molecule has 1 unspecified atom stereocenters. The molecule has 0 saturated carbocycles. The second kappa shape index (κ2) is 6.38. The average Bonchev–Trinajstić information content (AvgIpc) is 2.81. The molecule has 0 aliphatic heterocycles. The topological polar surface area (TPSA) is 68.3 Å². The van der Waals surface area contributed by atoms with Crippen molar-refractivity contribution in [2.24, 2.45) is 5.73 Å². The van der Waals surface area contributed by atoms with Crippen LogP contribution in [0, 0.1) is 0 Å². The first-order chi connectivity index (χ1) is 9.16. The van der Waals surface area contributed by atoms with Crippen molar-refractivity contribution in [3.63, 3.8) is 0 Å². The average molecular weight is 260 g/mol. The lowest BCUT2D eigenvalue weighted by atomic mass is 10.2. The van der Waals surface area contributed by atoms with E-state index >= 15 is 0 Å². The molecular formula is C15H20N2O2. The molecule has 1 aromatic carbocycles. The van der Waals surface area contributed by atoms with E-state index in [9.17, 15) is 4.79 Å². The van der Waals surface area contributed by atoms with Crippen LogP contribution in [0.25, 0.3) is 11.0 Å². The van der Waals surface area contributed by atoms with E-state index in [4.69, 9.17) is 10.2 Å². The van der Waals surface area contributed by atoms with Gasteiger partial charge in [-0.1, -0.05) is 18.2 Å². The Morgan fingerprint density at radius 3 is 2.89 bits per heavy atom. The monoisotopic (exact) mass is 260 g/mol. The van der Waals surface area contributed by atoms with Gasteiger partial charge < -0.3 is 15.5 Å². The quantitative estimate of drug-likeness (QED) is 0.752. The Morgan fingerprint density at radius 1 is 1.37 bits per heavy atom. The minimum Gasteiger partial charge on any atom is -0.459 e. The number of nitrogens with two attached hydrogens (primary N) is 1. The lowest BCUT2D eigenvalue weighted by molar-refractivity contribution is -0.118. The maximum atomic E-state index is 10.6. The van der Waals surface area contributed by atoms with Gasteiger partial charge in [-0.15, -0.1) is 0 Å². The maximum Gasteiger partial charge on any atom is 0.217 e. The van der Waals surface area contributed by atoms with E-state index in [-0.39, 0.29) is 11.9 Å². The lowest BCUT2D eigenvalue weighted by Gasteiger charge is -2.10. The molecule has 4 nitrogen and oxygen atoms in total. The summed E-state index contributed by atoms with van der Waals surface area (Å²) >= 11 is 0. The molecule has 19 heavy (non-hydrogen) atoms. The van der Waals surface area contributed by atoms with Crippen LogP contribution in [0.2, 0.25) is 0 Å². The summed E-state index contributed by atoms with van der Waals surface area (Å²) in [5.41, 5.74) is 6.01. The van der Waals surface area contributed by atoms with Crippen LogP contribution < -0.4 is 11.1 Å². The summed E-state index contributed by atoms with van der Waals surface area (Å²) in [5.74, 6) is 0.710.